The molecule has 0 spiro atoms. The molecule has 0 radical (unpaired) electrons. The molecule has 2 aromatic heterocycles. The van der Waals surface area contributed by atoms with Crippen molar-refractivity contribution in [2.45, 2.75) is 6.42 Å². The van der Waals surface area contributed by atoms with Gasteiger partial charge >= 0.3 is 0 Å². The van der Waals surface area contributed by atoms with Crippen LogP contribution in [0.3, 0.4) is 0 Å². The highest BCUT2D eigenvalue weighted by molar-refractivity contribution is 6.21. The number of aromatic nitrogens is 2. The number of allylic oxidation sites excluding steroid dienone is 3. The monoisotopic (exact) mass is 588 g/mol. The summed E-state index contributed by atoms with van der Waals surface area (Å²) < 4.78 is 4.33. The summed E-state index contributed by atoms with van der Waals surface area (Å²) in [6, 6.07) is 51.1. The van der Waals surface area contributed by atoms with E-state index in [2.05, 4.69) is 124 Å². The second-order valence-electron chi connectivity index (χ2n) is 11.6. The molecule has 0 aliphatic heterocycles. The van der Waals surface area contributed by atoms with Crippen molar-refractivity contribution in [3.8, 4) is 23.3 Å². The van der Waals surface area contributed by atoms with Gasteiger partial charge in [-0.2, -0.15) is 10.5 Å². The van der Waals surface area contributed by atoms with Crippen LogP contribution in [0.4, 0.5) is 0 Å². The van der Waals surface area contributed by atoms with Gasteiger partial charge in [-0.25, -0.2) is 0 Å². The van der Waals surface area contributed by atoms with E-state index in [-0.39, 0.29) is 0 Å². The highest BCUT2D eigenvalue weighted by atomic mass is 15.0. The molecule has 0 saturated carbocycles. The molecule has 1 atom stereocenters. The second-order valence-corrected chi connectivity index (χ2v) is 11.6. The van der Waals surface area contributed by atoms with Crippen LogP contribution in [-0.2, 0) is 0 Å². The first-order valence-electron chi connectivity index (χ1n) is 15.4. The first kappa shape index (κ1) is 27.2. The topological polar surface area (TPSA) is 57.4 Å². The Morgan fingerprint density at radius 1 is 0.609 bits per heavy atom. The zero-order valence-electron chi connectivity index (χ0n) is 25.0. The number of nitrogens with zero attached hydrogens (tertiary/aromatic N) is 4. The van der Waals surface area contributed by atoms with Crippen molar-refractivity contribution in [3.63, 3.8) is 0 Å². The molecule has 6 aromatic carbocycles. The number of rotatable bonds is 6. The largest absolute Gasteiger partial charge is 0.316 e. The fourth-order valence-corrected chi connectivity index (χ4v) is 6.88. The Bertz CT molecular complexity index is 2580. The minimum atomic E-state index is -0.462. The summed E-state index contributed by atoms with van der Waals surface area (Å²) in [6.45, 7) is 0. The third-order valence-electron chi connectivity index (χ3n) is 8.96. The van der Waals surface area contributed by atoms with Gasteiger partial charge in [0.25, 0.3) is 0 Å². The van der Waals surface area contributed by atoms with Crippen molar-refractivity contribution in [1.82, 2.24) is 9.13 Å². The van der Waals surface area contributed by atoms with Gasteiger partial charge in [-0.15, -0.1) is 0 Å². The van der Waals surface area contributed by atoms with E-state index in [1.165, 1.54) is 21.5 Å². The standard InChI is InChI=1S/C42H28N4/c43-24-22-33(46-39-17-9-6-14-35(39)37-27-32(19-20-40(37)46)30-10-2-1-3-11-30)26-29(28-44)23-25-45-38-16-8-7-15-36(38)42-34-13-5-4-12-31(34)18-21-41(42)45/h1-23,25,27,29H,26H2/b25-23+,33-22-. The average molecular weight is 589 g/mol. The summed E-state index contributed by atoms with van der Waals surface area (Å²) in [5.74, 6) is -0.462. The molecule has 0 bridgehead atoms. The molecular weight excluding hydrogens is 560 g/mol. The van der Waals surface area contributed by atoms with Crippen LogP contribution in [0.2, 0.25) is 0 Å². The van der Waals surface area contributed by atoms with Crippen LogP contribution >= 0.6 is 0 Å². The number of hydrogen-bond acceptors (Lipinski definition) is 2. The van der Waals surface area contributed by atoms with Crippen LogP contribution in [0.15, 0.2) is 146 Å². The Morgan fingerprint density at radius 3 is 2.09 bits per heavy atom. The van der Waals surface area contributed by atoms with Crippen LogP contribution < -0.4 is 0 Å². The summed E-state index contributed by atoms with van der Waals surface area (Å²) in [6.07, 6.45) is 5.96. The van der Waals surface area contributed by atoms with Gasteiger partial charge in [0.05, 0.1) is 40.1 Å². The van der Waals surface area contributed by atoms with Gasteiger partial charge in [-0.05, 0) is 52.2 Å². The average Bonchev–Trinajstić information content (AvgIpc) is 3.62. The predicted molar refractivity (Wildman–Crippen MR) is 191 cm³/mol. The minimum absolute atomic E-state index is 0.384. The lowest BCUT2D eigenvalue weighted by molar-refractivity contribution is 0.833. The third kappa shape index (κ3) is 4.44. The van der Waals surface area contributed by atoms with E-state index in [0.29, 0.717) is 6.42 Å². The molecule has 0 N–H and O–H groups in total. The van der Waals surface area contributed by atoms with Gasteiger partial charge in [0.2, 0.25) is 0 Å². The number of hydrogen-bond donors (Lipinski definition) is 0. The summed E-state index contributed by atoms with van der Waals surface area (Å²) in [5, 5.41) is 27.3. The molecule has 4 nitrogen and oxygen atoms in total. The fourth-order valence-electron chi connectivity index (χ4n) is 6.88. The van der Waals surface area contributed by atoms with E-state index in [0.717, 1.165) is 49.7 Å². The maximum atomic E-state index is 10.4. The smallest absolute Gasteiger partial charge is 0.0930 e. The van der Waals surface area contributed by atoms with Crippen LogP contribution in [0, 0.1) is 28.6 Å². The predicted octanol–water partition coefficient (Wildman–Crippen LogP) is 10.8. The van der Waals surface area contributed by atoms with Crippen LogP contribution in [0.1, 0.15) is 6.42 Å². The molecule has 8 rings (SSSR count). The lowest BCUT2D eigenvalue weighted by atomic mass is 10.0. The van der Waals surface area contributed by atoms with Gasteiger partial charge < -0.3 is 9.13 Å². The highest BCUT2D eigenvalue weighted by Gasteiger charge is 2.18. The second kappa shape index (κ2) is 11.3. The Morgan fingerprint density at radius 2 is 1.28 bits per heavy atom. The minimum Gasteiger partial charge on any atom is -0.316 e. The molecule has 8 aromatic rings. The number of para-hydroxylation sites is 2. The number of nitriles is 2. The normalized spacial score (nSPS) is 12.8. The summed E-state index contributed by atoms with van der Waals surface area (Å²) in [7, 11) is 0. The third-order valence-corrected chi connectivity index (χ3v) is 8.96. The zero-order chi connectivity index (χ0) is 31.0. The van der Waals surface area contributed by atoms with Crippen LogP contribution in [0.25, 0.3) is 77.4 Å². The summed E-state index contributed by atoms with van der Waals surface area (Å²) in [5.41, 5.74) is 7.28. The van der Waals surface area contributed by atoms with E-state index in [1.54, 1.807) is 6.08 Å². The van der Waals surface area contributed by atoms with E-state index >= 15 is 0 Å². The summed E-state index contributed by atoms with van der Waals surface area (Å²) >= 11 is 0. The first-order valence-corrected chi connectivity index (χ1v) is 15.4. The first-order chi connectivity index (χ1) is 22.7. The lowest BCUT2D eigenvalue weighted by Crippen LogP contribution is -2.03. The fraction of sp³-hybridized carbons (Fsp3) is 0.0476. The van der Waals surface area contributed by atoms with Crippen molar-refractivity contribution in [3.05, 3.63) is 146 Å². The molecule has 2 heterocycles. The quantitative estimate of drug-likeness (QED) is 0.181. The number of fused-ring (bicyclic) bond motifs is 8. The van der Waals surface area contributed by atoms with Gasteiger partial charge in [-0.1, -0.05) is 109 Å². The molecule has 0 saturated heterocycles. The van der Waals surface area contributed by atoms with E-state index in [9.17, 15) is 10.5 Å². The number of benzene rings is 6. The van der Waals surface area contributed by atoms with Gasteiger partial charge in [-0.3, -0.25) is 0 Å². The molecule has 4 heteroatoms. The van der Waals surface area contributed by atoms with Crippen molar-refractivity contribution in [1.29, 1.82) is 10.5 Å². The maximum absolute atomic E-state index is 10.4. The Labute approximate surface area is 266 Å². The van der Waals surface area contributed by atoms with Gasteiger partial charge in [0.15, 0.2) is 0 Å². The Hall–Kier alpha value is -6.36. The van der Waals surface area contributed by atoms with Crippen molar-refractivity contribution in [2.24, 2.45) is 5.92 Å². The van der Waals surface area contributed by atoms with Crippen molar-refractivity contribution >= 4 is 66.3 Å². The Balaban J connectivity index is 1.22. The van der Waals surface area contributed by atoms with E-state index < -0.39 is 5.92 Å². The molecule has 46 heavy (non-hydrogen) atoms. The molecule has 0 amide bonds. The van der Waals surface area contributed by atoms with Crippen LogP contribution in [-0.4, -0.2) is 9.13 Å². The van der Waals surface area contributed by atoms with Gasteiger partial charge in [0.1, 0.15) is 0 Å². The Kier molecular flexibility index (Phi) is 6.68. The maximum Gasteiger partial charge on any atom is 0.0930 e. The molecule has 0 aliphatic rings. The van der Waals surface area contributed by atoms with E-state index in [4.69, 9.17) is 0 Å². The highest BCUT2D eigenvalue weighted by Crippen LogP contribution is 2.37. The van der Waals surface area contributed by atoms with E-state index in [1.807, 2.05) is 42.6 Å². The molecule has 1 unspecified atom stereocenters. The molecular formula is C42H28N4. The SMILES string of the molecule is N#C/C=C(/CC(C#N)/C=C/n1c2ccccc2c2c3ccccc3ccc21)n1c2ccccc2c2cc(-c3ccccc3)ccc21. The molecule has 0 fully saturated rings. The van der Waals surface area contributed by atoms with Gasteiger partial charge in [0, 0.05) is 45.9 Å². The molecule has 216 valence electrons. The summed E-state index contributed by atoms with van der Waals surface area (Å²) in [4.78, 5) is 0. The van der Waals surface area contributed by atoms with Crippen molar-refractivity contribution in [2.75, 3.05) is 0 Å². The molecule has 0 aliphatic carbocycles. The van der Waals surface area contributed by atoms with Crippen LogP contribution in [0.5, 0.6) is 0 Å². The lowest BCUT2D eigenvalue weighted by Gasteiger charge is -2.14. The zero-order valence-corrected chi connectivity index (χ0v) is 25.0. The van der Waals surface area contributed by atoms with Crippen molar-refractivity contribution < 1.29 is 0 Å².